The van der Waals surface area contributed by atoms with Gasteiger partial charge in [-0.15, -0.1) is 0 Å². The molecule has 0 saturated heterocycles. The summed E-state index contributed by atoms with van der Waals surface area (Å²) in [6, 6.07) is 0. The molecule has 0 aromatic heterocycles. The van der Waals surface area contributed by atoms with E-state index in [-0.39, 0.29) is 0 Å². The lowest BCUT2D eigenvalue weighted by Crippen LogP contribution is -1.99. The van der Waals surface area contributed by atoms with Gasteiger partial charge >= 0.3 is 0 Å². The van der Waals surface area contributed by atoms with Crippen LogP contribution in [-0.4, -0.2) is 7.11 Å². The molecule has 0 aliphatic carbocycles. The Balaban J connectivity index is 2.89. The maximum Gasteiger partial charge on any atom is 0.0636 e. The summed E-state index contributed by atoms with van der Waals surface area (Å²) in [5.74, 6) is 0. The second-order valence-electron chi connectivity index (χ2n) is 2.57. The third-order valence-electron chi connectivity index (χ3n) is 1.53. The molecule has 2 heteroatoms. The highest BCUT2D eigenvalue weighted by atomic mass is 16.6. The number of allylic oxidation sites excluding steroid dienone is 1. The fourth-order valence-electron chi connectivity index (χ4n) is 0.888. The maximum absolute atomic E-state index is 4.63. The van der Waals surface area contributed by atoms with Crippen LogP contribution in [0.25, 0.3) is 0 Å². The Morgan fingerprint density at radius 2 is 2.09 bits per heavy atom. The number of hydrogen-bond donors (Lipinski definition) is 1. The first-order valence-electron chi connectivity index (χ1n) is 4.35. The van der Waals surface area contributed by atoms with Crippen molar-refractivity contribution < 1.29 is 4.84 Å². The van der Waals surface area contributed by atoms with Crippen LogP contribution < -0.4 is 5.48 Å². The highest BCUT2D eigenvalue weighted by Gasteiger charge is 1.83. The Hall–Kier alpha value is -0.500. The van der Waals surface area contributed by atoms with Crippen LogP contribution >= 0.6 is 0 Å². The van der Waals surface area contributed by atoms with Crippen molar-refractivity contribution in [3.8, 4) is 0 Å². The Bertz CT molecular complexity index is 91.6. The topological polar surface area (TPSA) is 21.3 Å². The van der Waals surface area contributed by atoms with Gasteiger partial charge in [-0.1, -0.05) is 32.3 Å². The van der Waals surface area contributed by atoms with Crippen LogP contribution in [0.1, 0.15) is 39.0 Å². The fraction of sp³-hybridized carbons (Fsp3) is 0.778. The molecule has 0 unspecified atom stereocenters. The van der Waals surface area contributed by atoms with Gasteiger partial charge in [-0.25, -0.2) is 0 Å². The number of unbranched alkanes of at least 4 members (excludes halogenated alkanes) is 4. The fourth-order valence-corrected chi connectivity index (χ4v) is 0.888. The maximum atomic E-state index is 4.63. The van der Waals surface area contributed by atoms with Crippen LogP contribution in [0.15, 0.2) is 12.3 Å². The van der Waals surface area contributed by atoms with Crippen LogP contribution in [0.2, 0.25) is 0 Å². The highest BCUT2D eigenvalue weighted by Crippen LogP contribution is 2.02. The number of hydrogen-bond acceptors (Lipinski definition) is 2. The second-order valence-corrected chi connectivity index (χ2v) is 2.57. The molecule has 0 aromatic carbocycles. The van der Waals surface area contributed by atoms with E-state index in [1.807, 2.05) is 6.20 Å². The summed E-state index contributed by atoms with van der Waals surface area (Å²) >= 11 is 0. The molecule has 0 rings (SSSR count). The van der Waals surface area contributed by atoms with Crippen LogP contribution in [0.4, 0.5) is 0 Å². The molecular formula is C9H19NO. The Kier molecular flexibility index (Phi) is 9.07. The molecule has 0 radical (unpaired) electrons. The lowest BCUT2D eigenvalue weighted by Gasteiger charge is -1.95. The predicted molar refractivity (Wildman–Crippen MR) is 48.0 cm³/mol. The smallest absolute Gasteiger partial charge is 0.0636 e. The summed E-state index contributed by atoms with van der Waals surface area (Å²) in [5, 5.41) is 0. The molecule has 0 aromatic rings. The van der Waals surface area contributed by atoms with Crippen molar-refractivity contribution in [2.75, 3.05) is 7.11 Å². The van der Waals surface area contributed by atoms with E-state index in [0.29, 0.717) is 0 Å². The van der Waals surface area contributed by atoms with Gasteiger partial charge in [0, 0.05) is 6.20 Å². The minimum absolute atomic E-state index is 1.15. The first-order valence-corrected chi connectivity index (χ1v) is 4.35. The van der Waals surface area contributed by atoms with E-state index in [9.17, 15) is 0 Å². The zero-order valence-corrected chi connectivity index (χ0v) is 7.60. The summed E-state index contributed by atoms with van der Waals surface area (Å²) in [6.45, 7) is 2.22. The summed E-state index contributed by atoms with van der Waals surface area (Å²) in [4.78, 5) is 4.63. The van der Waals surface area contributed by atoms with E-state index in [1.165, 1.54) is 25.7 Å². The van der Waals surface area contributed by atoms with Crippen molar-refractivity contribution in [2.45, 2.75) is 39.0 Å². The molecular weight excluding hydrogens is 138 g/mol. The molecule has 0 aliphatic rings. The first kappa shape index (κ1) is 10.5. The molecule has 0 atom stereocenters. The third-order valence-corrected chi connectivity index (χ3v) is 1.53. The summed E-state index contributed by atoms with van der Waals surface area (Å²) in [5.41, 5.74) is 2.66. The van der Waals surface area contributed by atoms with Gasteiger partial charge < -0.3 is 0 Å². The zero-order valence-electron chi connectivity index (χ0n) is 7.60. The molecule has 0 saturated carbocycles. The summed E-state index contributed by atoms with van der Waals surface area (Å²) < 4.78 is 0. The minimum Gasteiger partial charge on any atom is -0.280 e. The second kappa shape index (κ2) is 9.50. The lowest BCUT2D eigenvalue weighted by molar-refractivity contribution is 0.128. The quantitative estimate of drug-likeness (QED) is 0.453. The van der Waals surface area contributed by atoms with Gasteiger partial charge in [-0.05, 0) is 12.8 Å². The van der Waals surface area contributed by atoms with Crippen LogP contribution in [-0.2, 0) is 4.84 Å². The molecule has 0 spiro atoms. The highest BCUT2D eigenvalue weighted by molar-refractivity contribution is 4.75. The molecule has 0 amide bonds. The minimum atomic E-state index is 1.15. The van der Waals surface area contributed by atoms with Crippen LogP contribution in [0.5, 0.6) is 0 Å². The van der Waals surface area contributed by atoms with Crippen molar-refractivity contribution in [1.82, 2.24) is 5.48 Å². The predicted octanol–water partition coefficient (Wildman–Crippen LogP) is 2.62. The van der Waals surface area contributed by atoms with Gasteiger partial charge in [0.2, 0.25) is 0 Å². The average Bonchev–Trinajstić information content (AvgIpc) is 2.03. The van der Waals surface area contributed by atoms with Crippen LogP contribution in [0.3, 0.4) is 0 Å². The lowest BCUT2D eigenvalue weighted by atomic mass is 10.1. The van der Waals surface area contributed by atoms with E-state index in [2.05, 4.69) is 23.3 Å². The number of nitrogens with one attached hydrogen (secondary N) is 1. The SMILES string of the molecule is CCCCCCC=CNOC. The van der Waals surface area contributed by atoms with Crippen molar-refractivity contribution in [1.29, 1.82) is 0 Å². The van der Waals surface area contributed by atoms with E-state index in [0.717, 1.165) is 6.42 Å². The molecule has 0 heterocycles. The molecule has 0 aliphatic heterocycles. The van der Waals surface area contributed by atoms with Gasteiger partial charge in [0.25, 0.3) is 0 Å². The van der Waals surface area contributed by atoms with Crippen molar-refractivity contribution >= 4 is 0 Å². The Labute approximate surface area is 69.6 Å². The van der Waals surface area contributed by atoms with Gasteiger partial charge in [0.1, 0.15) is 0 Å². The van der Waals surface area contributed by atoms with Gasteiger partial charge in [-0.2, -0.15) is 0 Å². The summed E-state index contributed by atoms with van der Waals surface area (Å²) in [6.07, 6.45) is 10.4. The van der Waals surface area contributed by atoms with Crippen molar-refractivity contribution in [3.05, 3.63) is 12.3 Å². The Morgan fingerprint density at radius 1 is 1.27 bits per heavy atom. The van der Waals surface area contributed by atoms with E-state index < -0.39 is 0 Å². The van der Waals surface area contributed by atoms with Crippen LogP contribution in [0, 0.1) is 0 Å². The zero-order chi connectivity index (χ0) is 8.36. The monoisotopic (exact) mass is 157 g/mol. The Morgan fingerprint density at radius 3 is 2.73 bits per heavy atom. The summed E-state index contributed by atoms with van der Waals surface area (Å²) in [7, 11) is 1.61. The average molecular weight is 157 g/mol. The molecule has 2 nitrogen and oxygen atoms in total. The van der Waals surface area contributed by atoms with Gasteiger partial charge in [0.15, 0.2) is 0 Å². The molecule has 11 heavy (non-hydrogen) atoms. The third kappa shape index (κ3) is 9.50. The van der Waals surface area contributed by atoms with E-state index in [4.69, 9.17) is 0 Å². The standard InChI is InChI=1S/C9H19NO/c1-3-4-5-6-7-8-9-10-11-2/h8-10H,3-7H2,1-2H3. The van der Waals surface area contributed by atoms with Crippen molar-refractivity contribution in [3.63, 3.8) is 0 Å². The molecule has 0 fully saturated rings. The normalized spacial score (nSPS) is 10.7. The molecule has 66 valence electrons. The van der Waals surface area contributed by atoms with E-state index >= 15 is 0 Å². The first-order chi connectivity index (χ1) is 5.41. The number of hydroxylamine groups is 1. The number of rotatable bonds is 7. The van der Waals surface area contributed by atoms with Crippen molar-refractivity contribution in [2.24, 2.45) is 0 Å². The van der Waals surface area contributed by atoms with E-state index in [1.54, 1.807) is 7.11 Å². The molecule has 1 N–H and O–H groups in total. The van der Waals surface area contributed by atoms with Gasteiger partial charge in [-0.3, -0.25) is 10.3 Å². The van der Waals surface area contributed by atoms with Gasteiger partial charge in [0.05, 0.1) is 7.11 Å². The largest absolute Gasteiger partial charge is 0.280 e. The molecule has 0 bridgehead atoms.